The van der Waals surface area contributed by atoms with Gasteiger partial charge in [0, 0.05) is 32.1 Å². The minimum absolute atomic E-state index is 0.180. The Morgan fingerprint density at radius 2 is 1.54 bits per heavy atom. The fraction of sp³-hybridized carbons (Fsp3) is 0.560. The molecule has 1 saturated heterocycles. The van der Waals surface area contributed by atoms with Crippen molar-refractivity contribution in [1.29, 1.82) is 0 Å². The maximum Gasteiger partial charge on any atom is 0.326 e. The van der Waals surface area contributed by atoms with Crippen LogP contribution in [-0.2, 0) is 19.2 Å². The molecule has 3 N–H and O–H groups in total. The predicted octanol–water partition coefficient (Wildman–Crippen LogP) is 2.76. The SMILES string of the molecule is CC1(C)[C@@H](C(=O)N[C@@H](CC(=O)N2CCN(C(=O)c3c(Cl)cccc3Cl)CC2)C(=O)O)CC[C@@]1(C)C(=O)O. The Labute approximate surface area is 224 Å². The number of carboxylic acid groups (broad SMARTS) is 2. The zero-order chi connectivity index (χ0) is 27.7. The molecule has 1 aromatic rings. The van der Waals surface area contributed by atoms with Crippen molar-refractivity contribution in [2.24, 2.45) is 16.7 Å². The van der Waals surface area contributed by atoms with E-state index < -0.39 is 53.0 Å². The number of rotatable bonds is 7. The van der Waals surface area contributed by atoms with E-state index in [2.05, 4.69) is 5.32 Å². The smallest absolute Gasteiger partial charge is 0.326 e. The van der Waals surface area contributed by atoms with E-state index in [1.807, 2.05) is 0 Å². The summed E-state index contributed by atoms with van der Waals surface area (Å²) >= 11 is 12.3. The van der Waals surface area contributed by atoms with Crippen molar-refractivity contribution in [2.75, 3.05) is 26.2 Å². The van der Waals surface area contributed by atoms with E-state index in [9.17, 15) is 34.2 Å². The first-order chi connectivity index (χ1) is 17.2. The van der Waals surface area contributed by atoms with Crippen molar-refractivity contribution in [3.05, 3.63) is 33.8 Å². The first-order valence-electron chi connectivity index (χ1n) is 12.0. The van der Waals surface area contributed by atoms with Gasteiger partial charge in [0.05, 0.1) is 27.4 Å². The highest BCUT2D eigenvalue weighted by atomic mass is 35.5. The van der Waals surface area contributed by atoms with Gasteiger partial charge in [-0.1, -0.05) is 43.1 Å². The number of aliphatic carboxylic acids is 2. The molecule has 37 heavy (non-hydrogen) atoms. The maximum atomic E-state index is 13.0. The van der Waals surface area contributed by atoms with E-state index in [1.165, 1.54) is 9.80 Å². The number of hydrogen-bond donors (Lipinski definition) is 3. The number of benzene rings is 1. The Kier molecular flexibility index (Phi) is 8.44. The van der Waals surface area contributed by atoms with Crippen molar-refractivity contribution >= 4 is 52.9 Å². The molecule has 2 fully saturated rings. The van der Waals surface area contributed by atoms with E-state index >= 15 is 0 Å². The molecule has 1 heterocycles. The molecular formula is C25H31Cl2N3O7. The summed E-state index contributed by atoms with van der Waals surface area (Å²) in [6.45, 7) is 5.75. The van der Waals surface area contributed by atoms with Crippen LogP contribution in [0.3, 0.4) is 0 Å². The van der Waals surface area contributed by atoms with Crippen molar-refractivity contribution in [1.82, 2.24) is 15.1 Å². The molecule has 0 radical (unpaired) electrons. The Bertz CT molecular complexity index is 1100. The number of nitrogens with one attached hydrogen (secondary N) is 1. The average Bonchev–Trinajstić information content (AvgIpc) is 3.08. The van der Waals surface area contributed by atoms with E-state index in [0.29, 0.717) is 6.42 Å². The van der Waals surface area contributed by atoms with Gasteiger partial charge in [0.25, 0.3) is 5.91 Å². The maximum absolute atomic E-state index is 13.0. The predicted molar refractivity (Wildman–Crippen MR) is 135 cm³/mol. The Morgan fingerprint density at radius 1 is 1.00 bits per heavy atom. The van der Waals surface area contributed by atoms with Crippen LogP contribution in [0.5, 0.6) is 0 Å². The highest BCUT2D eigenvalue weighted by molar-refractivity contribution is 6.39. The monoisotopic (exact) mass is 555 g/mol. The molecule has 0 spiro atoms. The van der Waals surface area contributed by atoms with Crippen molar-refractivity contribution in [2.45, 2.75) is 46.1 Å². The molecule has 3 atom stereocenters. The zero-order valence-electron chi connectivity index (χ0n) is 20.9. The van der Waals surface area contributed by atoms with Crippen LogP contribution in [0.2, 0.25) is 10.0 Å². The van der Waals surface area contributed by atoms with Crippen LogP contribution in [-0.4, -0.2) is 81.9 Å². The molecule has 2 aliphatic rings. The summed E-state index contributed by atoms with van der Waals surface area (Å²) in [6, 6.07) is 3.30. The lowest BCUT2D eigenvalue weighted by Crippen LogP contribution is -2.53. The first kappa shape index (κ1) is 28.7. The number of piperazine rings is 1. The summed E-state index contributed by atoms with van der Waals surface area (Å²) in [4.78, 5) is 65.4. The molecule has 1 aliphatic carbocycles. The van der Waals surface area contributed by atoms with E-state index in [4.69, 9.17) is 23.2 Å². The lowest BCUT2D eigenvalue weighted by Gasteiger charge is -2.38. The van der Waals surface area contributed by atoms with Crippen molar-refractivity contribution in [3.8, 4) is 0 Å². The third-order valence-corrected chi connectivity index (χ3v) is 8.73. The van der Waals surface area contributed by atoms with Gasteiger partial charge in [0.2, 0.25) is 11.8 Å². The van der Waals surface area contributed by atoms with Crippen molar-refractivity contribution in [3.63, 3.8) is 0 Å². The number of amides is 3. The molecule has 1 saturated carbocycles. The van der Waals surface area contributed by atoms with E-state index in [0.717, 1.165) is 0 Å². The summed E-state index contributed by atoms with van der Waals surface area (Å²) in [6.07, 6.45) is 0.120. The molecule has 0 aromatic heterocycles. The normalized spacial score (nSPS) is 23.9. The molecule has 202 valence electrons. The van der Waals surface area contributed by atoms with Crippen LogP contribution in [0.25, 0.3) is 0 Å². The largest absolute Gasteiger partial charge is 0.481 e. The Morgan fingerprint density at radius 3 is 2.03 bits per heavy atom. The van der Waals surface area contributed by atoms with Gasteiger partial charge in [-0.2, -0.15) is 0 Å². The number of carbonyl (C=O) groups excluding carboxylic acids is 3. The van der Waals surface area contributed by atoms with Crippen LogP contribution in [0.4, 0.5) is 0 Å². The van der Waals surface area contributed by atoms with Gasteiger partial charge in [-0.05, 0) is 37.3 Å². The third-order valence-electron chi connectivity index (χ3n) is 8.10. The molecule has 3 amide bonds. The second kappa shape index (κ2) is 10.9. The molecular weight excluding hydrogens is 525 g/mol. The molecule has 1 aromatic carbocycles. The second-order valence-electron chi connectivity index (χ2n) is 10.3. The molecule has 3 rings (SSSR count). The summed E-state index contributed by atoms with van der Waals surface area (Å²) < 4.78 is 0. The summed E-state index contributed by atoms with van der Waals surface area (Å²) in [5, 5.41) is 22.2. The van der Waals surface area contributed by atoms with Crippen LogP contribution >= 0.6 is 23.2 Å². The fourth-order valence-corrected chi connectivity index (χ4v) is 5.70. The highest BCUT2D eigenvalue weighted by Gasteiger charge is 2.58. The topological polar surface area (TPSA) is 144 Å². The Hall–Kier alpha value is -2.85. The molecule has 0 unspecified atom stereocenters. The first-order valence-corrected chi connectivity index (χ1v) is 12.7. The van der Waals surface area contributed by atoms with E-state index in [-0.39, 0.29) is 54.1 Å². The molecule has 1 aliphatic heterocycles. The van der Waals surface area contributed by atoms with Crippen molar-refractivity contribution < 1.29 is 34.2 Å². The van der Waals surface area contributed by atoms with Gasteiger partial charge < -0.3 is 25.3 Å². The molecule has 0 bridgehead atoms. The third kappa shape index (κ3) is 5.55. The highest BCUT2D eigenvalue weighted by Crippen LogP contribution is 2.56. The van der Waals surface area contributed by atoms with E-state index in [1.54, 1.807) is 39.0 Å². The number of carbonyl (C=O) groups is 5. The minimum Gasteiger partial charge on any atom is -0.481 e. The number of carboxylic acids is 2. The van der Waals surface area contributed by atoms with Gasteiger partial charge in [0.15, 0.2) is 0 Å². The summed E-state index contributed by atoms with van der Waals surface area (Å²) in [7, 11) is 0. The number of nitrogens with zero attached hydrogens (tertiary/aromatic N) is 2. The lowest BCUT2D eigenvalue weighted by molar-refractivity contribution is -0.155. The van der Waals surface area contributed by atoms with Crippen LogP contribution in [0.15, 0.2) is 18.2 Å². The van der Waals surface area contributed by atoms with Gasteiger partial charge in [-0.3, -0.25) is 19.2 Å². The van der Waals surface area contributed by atoms with Crippen LogP contribution < -0.4 is 5.32 Å². The fourth-order valence-electron chi connectivity index (χ4n) is 5.14. The summed E-state index contributed by atoms with van der Waals surface area (Å²) in [5.74, 6) is -4.49. The average molecular weight is 556 g/mol. The van der Waals surface area contributed by atoms with Gasteiger partial charge in [0.1, 0.15) is 6.04 Å². The lowest BCUT2D eigenvalue weighted by atomic mass is 9.65. The van der Waals surface area contributed by atoms with Gasteiger partial charge in [-0.25, -0.2) is 4.79 Å². The number of halogens is 2. The molecule has 10 nitrogen and oxygen atoms in total. The van der Waals surface area contributed by atoms with Gasteiger partial charge in [-0.15, -0.1) is 0 Å². The number of hydrogen-bond acceptors (Lipinski definition) is 5. The minimum atomic E-state index is -1.46. The zero-order valence-corrected chi connectivity index (χ0v) is 22.4. The van der Waals surface area contributed by atoms with Crippen LogP contribution in [0, 0.1) is 16.7 Å². The molecule has 12 heteroatoms. The summed E-state index contributed by atoms with van der Waals surface area (Å²) in [5.41, 5.74) is -1.86. The standard InChI is InChI=1S/C25H31Cl2N3O7/c1-24(2)14(7-8-25(24,3)23(36)37)20(32)28-17(22(34)35)13-18(31)29-9-11-30(12-10-29)21(33)19-15(26)5-4-6-16(19)27/h4-6,14,17H,7-13H2,1-3H3,(H,28,32)(H,34,35)(H,36,37)/t14-,17+,25+/m1/s1. The second-order valence-corrected chi connectivity index (χ2v) is 11.1. The quantitative estimate of drug-likeness (QED) is 0.469. The van der Waals surface area contributed by atoms with Gasteiger partial charge >= 0.3 is 11.9 Å². The Balaban J connectivity index is 1.60. The van der Waals surface area contributed by atoms with Crippen LogP contribution in [0.1, 0.15) is 50.4 Å².